The number of esters is 1. The van der Waals surface area contributed by atoms with E-state index in [0.717, 1.165) is 5.56 Å². The molecule has 0 bridgehead atoms. The highest BCUT2D eigenvalue weighted by molar-refractivity contribution is 7.07. The molecule has 6 heteroatoms. The van der Waals surface area contributed by atoms with E-state index in [9.17, 15) is 9.59 Å². The molecule has 0 saturated heterocycles. The first-order valence-electron chi connectivity index (χ1n) is 6.19. The fourth-order valence-corrected chi connectivity index (χ4v) is 2.66. The Balaban J connectivity index is 2.33. The second-order valence-electron chi connectivity index (χ2n) is 4.58. The van der Waals surface area contributed by atoms with Crippen LogP contribution in [0.3, 0.4) is 0 Å². The van der Waals surface area contributed by atoms with Gasteiger partial charge in [0.05, 0.1) is 16.8 Å². The number of nitrogens with zero attached hydrogens (tertiary/aromatic N) is 1. The smallest absolute Gasteiger partial charge is 0.308 e. The third kappa shape index (κ3) is 2.45. The van der Waals surface area contributed by atoms with Gasteiger partial charge in [-0.25, -0.2) is 4.98 Å². The molecule has 1 aromatic carbocycles. The summed E-state index contributed by atoms with van der Waals surface area (Å²) in [5.41, 5.74) is 3.49. The molecule has 106 valence electrons. The van der Waals surface area contributed by atoms with E-state index in [2.05, 4.69) is 4.98 Å². The molecule has 0 spiro atoms. The zero-order chi connectivity index (χ0) is 15.0. The second-order valence-corrected chi connectivity index (χ2v) is 5.30. The predicted octanol–water partition coefficient (Wildman–Crippen LogP) is 3.15. The minimum atomic E-state index is -0.486. The summed E-state index contributed by atoms with van der Waals surface area (Å²) in [5.74, 6) is -0.274. The number of aryl methyl sites for hydroxylation is 1. The lowest BCUT2D eigenvalue weighted by Gasteiger charge is -2.07. The molecule has 0 N–H and O–H groups in total. The molecular weight excluding hydrogens is 290 g/mol. The van der Waals surface area contributed by atoms with Gasteiger partial charge >= 0.3 is 5.97 Å². The monoisotopic (exact) mass is 301 g/mol. The van der Waals surface area contributed by atoms with Crippen molar-refractivity contribution in [3.05, 3.63) is 45.1 Å². The molecule has 21 heavy (non-hydrogen) atoms. The Labute approximate surface area is 123 Å². The van der Waals surface area contributed by atoms with Gasteiger partial charge in [0.2, 0.25) is 5.43 Å². The van der Waals surface area contributed by atoms with E-state index in [1.54, 1.807) is 23.0 Å². The molecule has 3 aromatic rings. The molecule has 0 aliphatic carbocycles. The van der Waals surface area contributed by atoms with Gasteiger partial charge in [0.1, 0.15) is 23.0 Å². The number of carbonyl (C=O) groups is 1. The first-order valence-corrected chi connectivity index (χ1v) is 7.13. The van der Waals surface area contributed by atoms with Crippen LogP contribution in [0, 0.1) is 6.92 Å². The molecule has 0 radical (unpaired) electrons. The highest BCUT2D eigenvalue weighted by Crippen LogP contribution is 2.28. The average molecular weight is 301 g/mol. The van der Waals surface area contributed by atoms with Crippen molar-refractivity contribution in [3.63, 3.8) is 0 Å². The molecule has 0 fully saturated rings. The number of hydrogen-bond acceptors (Lipinski definition) is 6. The fraction of sp³-hybridized carbons (Fsp3) is 0.133. The second kappa shape index (κ2) is 5.14. The van der Waals surface area contributed by atoms with Crippen molar-refractivity contribution in [2.45, 2.75) is 13.8 Å². The third-order valence-corrected chi connectivity index (χ3v) is 3.53. The Morgan fingerprint density at radius 3 is 2.86 bits per heavy atom. The van der Waals surface area contributed by atoms with Crippen LogP contribution in [-0.2, 0) is 4.79 Å². The number of aromatic nitrogens is 1. The number of ether oxygens (including phenoxy) is 1. The van der Waals surface area contributed by atoms with Crippen LogP contribution in [0.15, 0.2) is 38.5 Å². The minimum absolute atomic E-state index is 0.211. The Morgan fingerprint density at radius 1 is 1.38 bits per heavy atom. The largest absolute Gasteiger partial charge is 0.463 e. The van der Waals surface area contributed by atoms with Gasteiger partial charge in [0.25, 0.3) is 0 Å². The quantitative estimate of drug-likeness (QED) is 0.537. The summed E-state index contributed by atoms with van der Waals surface area (Å²) < 4.78 is 10.7. The fourth-order valence-electron chi connectivity index (χ4n) is 2.11. The molecule has 0 aliphatic rings. The van der Waals surface area contributed by atoms with Crippen molar-refractivity contribution >= 4 is 28.3 Å². The Hall–Kier alpha value is -2.47. The van der Waals surface area contributed by atoms with Gasteiger partial charge in [0, 0.05) is 12.3 Å². The Morgan fingerprint density at radius 2 is 2.19 bits per heavy atom. The first kappa shape index (κ1) is 13.5. The first-order chi connectivity index (χ1) is 10.1. The Bertz CT molecular complexity index is 881. The molecule has 0 unspecified atom stereocenters. The maximum absolute atomic E-state index is 12.7. The number of benzene rings is 1. The van der Waals surface area contributed by atoms with Gasteiger partial charge in [-0.15, -0.1) is 11.3 Å². The maximum Gasteiger partial charge on any atom is 0.308 e. The molecule has 0 atom stereocenters. The van der Waals surface area contributed by atoms with Gasteiger partial charge in [-0.1, -0.05) is 0 Å². The highest BCUT2D eigenvalue weighted by atomic mass is 32.1. The summed E-state index contributed by atoms with van der Waals surface area (Å²) in [5, 5.41) is 2.01. The molecule has 0 aliphatic heterocycles. The molecule has 5 nitrogen and oxygen atoms in total. The van der Waals surface area contributed by atoms with Gasteiger partial charge in [-0.2, -0.15) is 0 Å². The van der Waals surface area contributed by atoms with E-state index in [1.165, 1.54) is 24.5 Å². The summed E-state index contributed by atoms with van der Waals surface area (Å²) >= 11 is 1.39. The molecule has 2 heterocycles. The maximum atomic E-state index is 12.7. The van der Waals surface area contributed by atoms with Gasteiger partial charge < -0.3 is 9.15 Å². The minimum Gasteiger partial charge on any atom is -0.463 e. The molecule has 3 rings (SSSR count). The van der Waals surface area contributed by atoms with Crippen molar-refractivity contribution in [1.29, 1.82) is 0 Å². The van der Waals surface area contributed by atoms with Crippen LogP contribution in [0.2, 0.25) is 0 Å². The number of hydrogen-bond donors (Lipinski definition) is 0. The number of carbonyl (C=O) groups excluding carboxylic acids is 1. The standard InChI is InChI=1S/C15H11NO4S/c1-8-3-12-14(13(4-8)20-9(2)17)15(18)10(5-19-12)11-6-21-7-16-11/h3-7H,1-2H3. The van der Waals surface area contributed by atoms with Crippen molar-refractivity contribution in [2.24, 2.45) is 0 Å². The van der Waals surface area contributed by atoms with Crippen LogP contribution < -0.4 is 10.2 Å². The molecule has 2 aromatic heterocycles. The predicted molar refractivity (Wildman–Crippen MR) is 79.6 cm³/mol. The van der Waals surface area contributed by atoms with E-state index in [0.29, 0.717) is 16.8 Å². The lowest BCUT2D eigenvalue weighted by molar-refractivity contribution is -0.131. The zero-order valence-electron chi connectivity index (χ0n) is 11.4. The number of thiazole rings is 1. The lowest BCUT2D eigenvalue weighted by Crippen LogP contribution is -2.10. The van der Waals surface area contributed by atoms with E-state index in [-0.39, 0.29) is 16.6 Å². The summed E-state index contributed by atoms with van der Waals surface area (Å²) in [6.07, 6.45) is 1.39. The van der Waals surface area contributed by atoms with Gasteiger partial charge in [0.15, 0.2) is 0 Å². The van der Waals surface area contributed by atoms with Crippen LogP contribution >= 0.6 is 11.3 Å². The van der Waals surface area contributed by atoms with Crippen LogP contribution in [0.25, 0.3) is 22.2 Å². The Kier molecular flexibility index (Phi) is 3.31. The van der Waals surface area contributed by atoms with E-state index < -0.39 is 5.97 Å². The average Bonchev–Trinajstić information content (AvgIpc) is 2.91. The van der Waals surface area contributed by atoms with Gasteiger partial charge in [-0.3, -0.25) is 9.59 Å². The summed E-state index contributed by atoms with van der Waals surface area (Å²) in [6.45, 7) is 3.13. The van der Waals surface area contributed by atoms with Crippen molar-refractivity contribution in [1.82, 2.24) is 4.98 Å². The molecular formula is C15H11NO4S. The third-order valence-electron chi connectivity index (χ3n) is 2.95. The van der Waals surface area contributed by atoms with Crippen molar-refractivity contribution in [3.8, 4) is 17.0 Å². The van der Waals surface area contributed by atoms with Gasteiger partial charge in [-0.05, 0) is 24.6 Å². The van der Waals surface area contributed by atoms with Crippen LogP contribution in [0.4, 0.5) is 0 Å². The van der Waals surface area contributed by atoms with Crippen molar-refractivity contribution in [2.75, 3.05) is 0 Å². The highest BCUT2D eigenvalue weighted by Gasteiger charge is 2.16. The zero-order valence-corrected chi connectivity index (χ0v) is 12.2. The van der Waals surface area contributed by atoms with E-state index >= 15 is 0 Å². The molecule has 0 saturated carbocycles. The van der Waals surface area contributed by atoms with E-state index in [4.69, 9.17) is 9.15 Å². The SMILES string of the molecule is CC(=O)Oc1cc(C)cc2occ(-c3cscn3)c(=O)c12. The summed E-state index contributed by atoms with van der Waals surface area (Å²) in [4.78, 5) is 28.0. The van der Waals surface area contributed by atoms with Crippen LogP contribution in [0.1, 0.15) is 12.5 Å². The number of rotatable bonds is 2. The topological polar surface area (TPSA) is 69.4 Å². The molecule has 0 amide bonds. The van der Waals surface area contributed by atoms with E-state index in [1.807, 2.05) is 6.92 Å². The summed E-state index contributed by atoms with van der Waals surface area (Å²) in [6, 6.07) is 3.38. The number of fused-ring (bicyclic) bond motifs is 1. The van der Waals surface area contributed by atoms with Crippen LogP contribution in [-0.4, -0.2) is 11.0 Å². The van der Waals surface area contributed by atoms with Crippen LogP contribution in [0.5, 0.6) is 5.75 Å². The summed E-state index contributed by atoms with van der Waals surface area (Å²) in [7, 11) is 0. The lowest BCUT2D eigenvalue weighted by atomic mass is 10.1. The van der Waals surface area contributed by atoms with Crippen molar-refractivity contribution < 1.29 is 13.9 Å². The normalized spacial score (nSPS) is 10.8.